The molecule has 0 spiro atoms. The van der Waals surface area contributed by atoms with Crippen molar-refractivity contribution >= 4 is 11.8 Å². The predicted molar refractivity (Wildman–Crippen MR) is 47.4 cm³/mol. The van der Waals surface area contributed by atoms with Crippen molar-refractivity contribution in [2.24, 2.45) is 0 Å². The summed E-state index contributed by atoms with van der Waals surface area (Å²) in [6.45, 7) is -0.502. The van der Waals surface area contributed by atoms with E-state index >= 15 is 0 Å². The Bertz CT molecular complexity index is 365. The SMILES string of the molecule is [O]CCN1C(=O)c2ccccc2C1=O. The third-order valence-electron chi connectivity index (χ3n) is 2.19. The van der Waals surface area contributed by atoms with Crippen molar-refractivity contribution in [3.63, 3.8) is 0 Å². The standard InChI is InChI=1S/C10H8NO3/c12-6-5-11-9(13)7-3-1-2-4-8(7)10(11)14/h1-4H,5-6H2. The van der Waals surface area contributed by atoms with Crippen molar-refractivity contribution in [3.8, 4) is 0 Å². The summed E-state index contributed by atoms with van der Waals surface area (Å²) in [5.41, 5.74) is 0.789. The lowest BCUT2D eigenvalue weighted by Gasteiger charge is -2.09. The number of carbonyl (C=O) groups is 2. The van der Waals surface area contributed by atoms with Gasteiger partial charge < -0.3 is 0 Å². The smallest absolute Gasteiger partial charge is 0.261 e. The minimum absolute atomic E-state index is 0.0493. The van der Waals surface area contributed by atoms with Crippen LogP contribution in [0.3, 0.4) is 0 Å². The van der Waals surface area contributed by atoms with Crippen LogP contribution in [0.1, 0.15) is 20.7 Å². The molecule has 1 radical (unpaired) electrons. The minimum atomic E-state index is -0.453. The number of amides is 2. The molecule has 1 aromatic rings. The summed E-state index contributed by atoms with van der Waals surface area (Å²) in [7, 11) is 0. The number of fused-ring (bicyclic) bond motifs is 1. The first-order valence-corrected chi connectivity index (χ1v) is 4.29. The molecule has 0 unspecified atom stereocenters. The molecule has 1 heterocycles. The number of imide groups is 1. The minimum Gasteiger partial charge on any atom is -0.272 e. The summed E-state index contributed by atoms with van der Waals surface area (Å²) < 4.78 is 0. The van der Waals surface area contributed by atoms with Crippen molar-refractivity contribution in [1.29, 1.82) is 0 Å². The van der Waals surface area contributed by atoms with Crippen LogP contribution in [0.2, 0.25) is 0 Å². The van der Waals surface area contributed by atoms with Gasteiger partial charge in [-0.2, -0.15) is 0 Å². The summed E-state index contributed by atoms with van der Waals surface area (Å²) in [6.07, 6.45) is 0. The van der Waals surface area contributed by atoms with Crippen LogP contribution in [-0.2, 0) is 5.11 Å². The lowest BCUT2D eigenvalue weighted by atomic mass is 10.1. The molecule has 0 N–H and O–H groups in total. The number of hydrogen-bond donors (Lipinski definition) is 0. The van der Waals surface area contributed by atoms with Gasteiger partial charge in [0, 0.05) is 0 Å². The van der Waals surface area contributed by atoms with Gasteiger partial charge in [-0.05, 0) is 12.1 Å². The molecule has 1 aliphatic heterocycles. The van der Waals surface area contributed by atoms with Crippen molar-refractivity contribution in [1.82, 2.24) is 4.90 Å². The van der Waals surface area contributed by atoms with Gasteiger partial charge in [0.1, 0.15) is 6.61 Å². The largest absolute Gasteiger partial charge is 0.272 e. The molecule has 4 heteroatoms. The molecule has 1 aromatic carbocycles. The van der Waals surface area contributed by atoms with E-state index in [4.69, 9.17) is 0 Å². The van der Waals surface area contributed by atoms with E-state index in [1.165, 1.54) is 0 Å². The topological polar surface area (TPSA) is 57.3 Å². The van der Waals surface area contributed by atoms with E-state index in [9.17, 15) is 14.7 Å². The van der Waals surface area contributed by atoms with Crippen LogP contribution in [0.15, 0.2) is 24.3 Å². The lowest BCUT2D eigenvalue weighted by Crippen LogP contribution is -2.32. The van der Waals surface area contributed by atoms with Gasteiger partial charge in [-0.15, -0.1) is 0 Å². The summed E-state index contributed by atoms with van der Waals surface area (Å²) in [5.74, 6) is -0.720. The van der Waals surface area contributed by atoms with Crippen molar-refractivity contribution in [3.05, 3.63) is 35.4 Å². The molecule has 0 bridgehead atoms. The van der Waals surface area contributed by atoms with Gasteiger partial charge in [-0.1, -0.05) is 12.1 Å². The van der Waals surface area contributed by atoms with Crippen LogP contribution in [0, 0.1) is 0 Å². The Kier molecular flexibility index (Phi) is 2.05. The fourth-order valence-electron chi connectivity index (χ4n) is 1.53. The molecule has 0 fully saturated rings. The van der Waals surface area contributed by atoms with E-state index in [1.807, 2.05) is 0 Å². The van der Waals surface area contributed by atoms with Crippen LogP contribution in [0.4, 0.5) is 0 Å². The van der Waals surface area contributed by atoms with Crippen LogP contribution in [0.5, 0.6) is 0 Å². The van der Waals surface area contributed by atoms with E-state index in [0.717, 1.165) is 4.90 Å². The highest BCUT2D eigenvalue weighted by atomic mass is 16.3. The molecular formula is C10H8NO3. The summed E-state index contributed by atoms with van der Waals surface area (Å²) in [6, 6.07) is 6.59. The van der Waals surface area contributed by atoms with Gasteiger partial charge in [-0.3, -0.25) is 14.5 Å². The summed E-state index contributed by atoms with van der Waals surface area (Å²) >= 11 is 0. The zero-order valence-electron chi connectivity index (χ0n) is 7.40. The second-order valence-corrected chi connectivity index (χ2v) is 3.01. The first kappa shape index (κ1) is 8.90. The van der Waals surface area contributed by atoms with Gasteiger partial charge in [-0.25, -0.2) is 5.11 Å². The average Bonchev–Trinajstić information content (AvgIpc) is 2.45. The summed E-state index contributed by atoms with van der Waals surface area (Å²) in [5, 5.41) is 10.4. The molecule has 2 rings (SSSR count). The molecule has 4 nitrogen and oxygen atoms in total. The molecule has 0 saturated heterocycles. The third kappa shape index (κ3) is 1.12. The Labute approximate surface area is 80.8 Å². The number of hydrogen-bond acceptors (Lipinski definition) is 2. The first-order chi connectivity index (χ1) is 6.75. The van der Waals surface area contributed by atoms with Crippen molar-refractivity contribution in [2.75, 3.05) is 13.2 Å². The van der Waals surface area contributed by atoms with Crippen molar-refractivity contribution < 1.29 is 14.7 Å². The normalized spacial score (nSPS) is 14.8. The number of nitrogens with zero attached hydrogens (tertiary/aromatic N) is 1. The zero-order chi connectivity index (χ0) is 10.1. The highest BCUT2D eigenvalue weighted by Gasteiger charge is 2.34. The molecule has 0 saturated carbocycles. The fourth-order valence-corrected chi connectivity index (χ4v) is 1.53. The maximum atomic E-state index is 11.6. The molecule has 0 atom stereocenters. The first-order valence-electron chi connectivity index (χ1n) is 4.29. The molecule has 0 aliphatic carbocycles. The molecule has 1 aliphatic rings. The van der Waals surface area contributed by atoms with Gasteiger partial charge >= 0.3 is 0 Å². The highest BCUT2D eigenvalue weighted by molar-refractivity contribution is 6.21. The Morgan fingerprint density at radius 2 is 1.50 bits per heavy atom. The van der Waals surface area contributed by atoms with Crippen LogP contribution in [-0.4, -0.2) is 29.9 Å². The second-order valence-electron chi connectivity index (χ2n) is 3.01. The zero-order valence-corrected chi connectivity index (χ0v) is 7.40. The van der Waals surface area contributed by atoms with Crippen LogP contribution < -0.4 is 0 Å². The van der Waals surface area contributed by atoms with Crippen LogP contribution >= 0.6 is 0 Å². The van der Waals surface area contributed by atoms with Gasteiger partial charge in [0.2, 0.25) is 0 Å². The quantitative estimate of drug-likeness (QED) is 0.645. The van der Waals surface area contributed by atoms with E-state index in [1.54, 1.807) is 24.3 Å². The third-order valence-corrected chi connectivity index (χ3v) is 2.19. The van der Waals surface area contributed by atoms with Gasteiger partial charge in [0.25, 0.3) is 11.8 Å². The lowest BCUT2D eigenvalue weighted by molar-refractivity contribution is 0.0592. The molecular weight excluding hydrogens is 182 g/mol. The number of benzene rings is 1. The molecule has 14 heavy (non-hydrogen) atoms. The van der Waals surface area contributed by atoms with Gasteiger partial charge in [0.05, 0.1) is 17.7 Å². The monoisotopic (exact) mass is 190 g/mol. The highest BCUT2D eigenvalue weighted by Crippen LogP contribution is 2.21. The van der Waals surface area contributed by atoms with E-state index < -0.39 is 6.61 Å². The van der Waals surface area contributed by atoms with Crippen molar-refractivity contribution in [2.45, 2.75) is 0 Å². The molecule has 2 amide bonds. The fraction of sp³-hybridized carbons (Fsp3) is 0.200. The maximum Gasteiger partial charge on any atom is 0.261 e. The number of carbonyl (C=O) groups excluding carboxylic acids is 2. The predicted octanol–water partition coefficient (Wildman–Crippen LogP) is 0.713. The Hall–Kier alpha value is -1.68. The van der Waals surface area contributed by atoms with E-state index in [0.29, 0.717) is 11.1 Å². The van der Waals surface area contributed by atoms with Gasteiger partial charge in [0.15, 0.2) is 0 Å². The Morgan fingerprint density at radius 1 is 1.00 bits per heavy atom. The Balaban J connectivity index is 2.43. The second kappa shape index (κ2) is 3.23. The molecule has 71 valence electrons. The van der Waals surface area contributed by atoms with E-state index in [-0.39, 0.29) is 18.4 Å². The molecule has 0 aromatic heterocycles. The van der Waals surface area contributed by atoms with E-state index in [2.05, 4.69) is 0 Å². The van der Waals surface area contributed by atoms with Crippen LogP contribution in [0.25, 0.3) is 0 Å². The Morgan fingerprint density at radius 3 is 1.93 bits per heavy atom. The summed E-state index contributed by atoms with van der Waals surface area (Å²) in [4.78, 5) is 24.1. The number of rotatable bonds is 2. The average molecular weight is 190 g/mol. The maximum absolute atomic E-state index is 11.6.